The standard InChI is InChI=1S/C38H49N9O2/c1-27-12-14-29(15-13-27)47-35(24-33(43-47)38(3,4)5)40-37(48)39-32-18-16-30(11-9-7-8-10-28(32)2)49-31-17-19-34-41-42-36(46(34)25-31)26-45-22-20-44(6)21-23-45/h7-10,12-15,17,19,24-25,30,32H,2,11,16,18,20-23,26H2,1,3-6H3,(H2,39,40,48)/b9-7-,10-8-/t30-,32-/m0/s1. The molecule has 1 aromatic carbocycles. The molecule has 11 heteroatoms. The first kappa shape index (κ1) is 34.1. The number of piperazine rings is 1. The van der Waals surface area contributed by atoms with E-state index in [0.717, 1.165) is 78.9 Å². The molecule has 6 rings (SSSR count). The number of urea groups is 1. The lowest BCUT2D eigenvalue weighted by molar-refractivity contribution is 0.145. The van der Waals surface area contributed by atoms with Gasteiger partial charge in [-0.05, 0) is 56.7 Å². The van der Waals surface area contributed by atoms with Gasteiger partial charge in [-0.25, -0.2) is 9.48 Å². The van der Waals surface area contributed by atoms with Gasteiger partial charge in [-0.15, -0.1) is 10.2 Å². The molecule has 2 atom stereocenters. The number of likely N-dealkylation sites (N-methyl/N-ethyl adjacent to an activating group) is 1. The maximum absolute atomic E-state index is 13.5. The maximum atomic E-state index is 13.5. The van der Waals surface area contributed by atoms with Crippen LogP contribution in [-0.4, -0.2) is 85.6 Å². The minimum absolute atomic E-state index is 0.102. The number of aryl methyl sites for hydroxylation is 1. The van der Waals surface area contributed by atoms with Crippen LogP contribution in [0.2, 0.25) is 0 Å². The molecule has 2 aliphatic rings. The number of allylic oxidation sites excluding steroid dienone is 2. The number of ether oxygens (including phenoxy) is 1. The molecule has 1 aliphatic carbocycles. The second kappa shape index (κ2) is 14.8. The summed E-state index contributed by atoms with van der Waals surface area (Å²) in [6.45, 7) is 17.5. The van der Waals surface area contributed by atoms with Crippen molar-refractivity contribution in [1.29, 1.82) is 0 Å². The number of anilines is 1. The van der Waals surface area contributed by atoms with Crippen LogP contribution in [0.3, 0.4) is 0 Å². The molecule has 0 spiro atoms. The second-order valence-corrected chi connectivity index (χ2v) is 14.3. The van der Waals surface area contributed by atoms with Gasteiger partial charge < -0.3 is 15.0 Å². The number of rotatable bonds is 7. The fraction of sp³-hybridized carbons (Fsp3) is 0.421. The van der Waals surface area contributed by atoms with Gasteiger partial charge in [0.1, 0.15) is 17.7 Å². The molecule has 2 N–H and O–H groups in total. The fourth-order valence-electron chi connectivity index (χ4n) is 6.06. The van der Waals surface area contributed by atoms with Crippen LogP contribution >= 0.6 is 0 Å². The van der Waals surface area contributed by atoms with Crippen LogP contribution in [-0.2, 0) is 12.0 Å². The fourth-order valence-corrected chi connectivity index (χ4v) is 6.06. The first-order valence-corrected chi connectivity index (χ1v) is 17.2. The van der Waals surface area contributed by atoms with Crippen LogP contribution in [0, 0.1) is 6.92 Å². The smallest absolute Gasteiger partial charge is 0.320 e. The van der Waals surface area contributed by atoms with Crippen molar-refractivity contribution in [3.05, 3.63) is 102 Å². The Balaban J connectivity index is 1.14. The summed E-state index contributed by atoms with van der Waals surface area (Å²) in [5.74, 6) is 2.27. The van der Waals surface area contributed by atoms with E-state index in [2.05, 4.69) is 71.1 Å². The van der Waals surface area contributed by atoms with E-state index in [1.165, 1.54) is 0 Å². The van der Waals surface area contributed by atoms with Gasteiger partial charge in [-0.3, -0.25) is 14.6 Å². The molecule has 49 heavy (non-hydrogen) atoms. The van der Waals surface area contributed by atoms with Gasteiger partial charge in [0.05, 0.1) is 30.2 Å². The van der Waals surface area contributed by atoms with Gasteiger partial charge in [-0.1, -0.05) is 69.4 Å². The lowest BCUT2D eigenvalue weighted by atomic mass is 9.92. The number of benzene rings is 1. The monoisotopic (exact) mass is 663 g/mol. The summed E-state index contributed by atoms with van der Waals surface area (Å²) < 4.78 is 10.4. The third-order valence-electron chi connectivity index (χ3n) is 9.19. The highest BCUT2D eigenvalue weighted by atomic mass is 16.5. The normalized spacial score (nSPS) is 21.0. The number of pyridine rings is 1. The molecule has 0 radical (unpaired) electrons. The van der Waals surface area contributed by atoms with Crippen LogP contribution in [0.15, 0.2) is 85.1 Å². The van der Waals surface area contributed by atoms with Gasteiger partial charge >= 0.3 is 6.03 Å². The zero-order valence-corrected chi connectivity index (χ0v) is 29.4. The SMILES string of the molecule is C=C1/C=C\C=C/C[C@H](Oc2ccc3nnc(CN4CCN(C)CC4)n3c2)CC[C@@H]1NC(=O)Nc1cc(C(C)(C)C)nn1-c1ccc(C)cc1. The van der Waals surface area contributed by atoms with Crippen molar-refractivity contribution in [2.75, 3.05) is 38.5 Å². The number of carbonyl (C=O) groups is 1. The van der Waals surface area contributed by atoms with Crippen molar-refractivity contribution in [3.8, 4) is 11.4 Å². The van der Waals surface area contributed by atoms with Crippen molar-refractivity contribution < 1.29 is 9.53 Å². The number of aromatic nitrogens is 5. The number of fused-ring (bicyclic) bond motifs is 1. The molecule has 2 amide bonds. The van der Waals surface area contributed by atoms with Gasteiger partial charge in [0.15, 0.2) is 11.5 Å². The van der Waals surface area contributed by atoms with Crippen molar-refractivity contribution in [1.82, 2.24) is 39.5 Å². The van der Waals surface area contributed by atoms with Crippen LogP contribution in [0.5, 0.6) is 5.75 Å². The predicted molar refractivity (Wildman–Crippen MR) is 194 cm³/mol. The lowest BCUT2D eigenvalue weighted by Crippen LogP contribution is -2.44. The molecule has 0 bridgehead atoms. The average Bonchev–Trinajstić information content (AvgIpc) is 3.68. The Hall–Kier alpha value is -4.74. The van der Waals surface area contributed by atoms with E-state index in [9.17, 15) is 4.79 Å². The first-order chi connectivity index (χ1) is 23.5. The number of carbonyl (C=O) groups excluding carboxylic acids is 1. The summed E-state index contributed by atoms with van der Waals surface area (Å²) in [6, 6.07) is 13.3. The topological polar surface area (TPSA) is 105 Å². The van der Waals surface area contributed by atoms with Gasteiger partial charge in [0.25, 0.3) is 0 Å². The Kier molecular flexibility index (Phi) is 10.3. The average molecular weight is 664 g/mol. The molecular formula is C38H49N9O2. The quantitative estimate of drug-likeness (QED) is 0.248. The zero-order chi connectivity index (χ0) is 34.5. The van der Waals surface area contributed by atoms with Crippen molar-refractivity contribution in [3.63, 3.8) is 0 Å². The lowest BCUT2D eigenvalue weighted by Gasteiger charge is -2.31. The second-order valence-electron chi connectivity index (χ2n) is 14.3. The van der Waals surface area contributed by atoms with E-state index < -0.39 is 0 Å². The summed E-state index contributed by atoms with van der Waals surface area (Å²) in [7, 11) is 2.16. The summed E-state index contributed by atoms with van der Waals surface area (Å²) in [5, 5.41) is 20.0. The van der Waals surface area contributed by atoms with Crippen molar-refractivity contribution in [2.24, 2.45) is 0 Å². The number of hydrogen-bond donors (Lipinski definition) is 2. The Morgan fingerprint density at radius 2 is 1.80 bits per heavy atom. The predicted octanol–water partition coefficient (Wildman–Crippen LogP) is 6.06. The number of amides is 2. The molecule has 1 fully saturated rings. The zero-order valence-electron chi connectivity index (χ0n) is 29.4. The Labute approximate surface area is 289 Å². The number of nitrogens with one attached hydrogen (secondary N) is 2. The maximum Gasteiger partial charge on any atom is 0.320 e. The molecule has 4 heterocycles. The van der Waals surface area contributed by atoms with Crippen molar-refractivity contribution >= 4 is 17.5 Å². The largest absolute Gasteiger partial charge is 0.489 e. The molecule has 4 aromatic rings. The highest BCUT2D eigenvalue weighted by Gasteiger charge is 2.24. The van der Waals surface area contributed by atoms with E-state index >= 15 is 0 Å². The number of nitrogens with zero attached hydrogens (tertiary/aromatic N) is 7. The first-order valence-electron chi connectivity index (χ1n) is 17.2. The molecular weight excluding hydrogens is 614 g/mol. The summed E-state index contributed by atoms with van der Waals surface area (Å²) >= 11 is 0. The van der Waals surface area contributed by atoms with Crippen molar-refractivity contribution in [2.45, 2.75) is 71.1 Å². The van der Waals surface area contributed by atoms with E-state index in [-0.39, 0.29) is 23.6 Å². The minimum Gasteiger partial charge on any atom is -0.489 e. The van der Waals surface area contributed by atoms with E-state index in [4.69, 9.17) is 9.84 Å². The highest BCUT2D eigenvalue weighted by molar-refractivity contribution is 5.89. The van der Waals surface area contributed by atoms with E-state index in [1.54, 1.807) is 4.68 Å². The molecule has 0 unspecified atom stereocenters. The van der Waals surface area contributed by atoms with Gasteiger partial charge in [0.2, 0.25) is 0 Å². The van der Waals surface area contributed by atoms with Crippen LogP contribution in [0.4, 0.5) is 10.6 Å². The summed E-state index contributed by atoms with van der Waals surface area (Å²) in [4.78, 5) is 18.3. The van der Waals surface area contributed by atoms with E-state index in [0.29, 0.717) is 18.7 Å². The van der Waals surface area contributed by atoms with E-state index in [1.807, 2.05) is 78.2 Å². The third kappa shape index (κ3) is 8.65. The number of hydrogen-bond acceptors (Lipinski definition) is 7. The molecule has 11 nitrogen and oxygen atoms in total. The molecule has 3 aromatic heterocycles. The van der Waals surface area contributed by atoms with Crippen LogP contribution < -0.4 is 15.4 Å². The third-order valence-corrected chi connectivity index (χ3v) is 9.19. The molecule has 1 aliphatic heterocycles. The Bertz CT molecular complexity index is 1820. The molecule has 0 saturated carbocycles. The highest BCUT2D eigenvalue weighted by Crippen LogP contribution is 2.27. The Morgan fingerprint density at radius 1 is 1.02 bits per heavy atom. The minimum atomic E-state index is -0.315. The Morgan fingerprint density at radius 3 is 2.55 bits per heavy atom. The molecule has 258 valence electrons. The summed E-state index contributed by atoms with van der Waals surface area (Å²) in [6.07, 6.45) is 12.0. The van der Waals surface area contributed by atoms with Gasteiger partial charge in [-0.2, -0.15) is 5.10 Å². The molecule has 1 saturated heterocycles. The summed E-state index contributed by atoms with van der Waals surface area (Å²) in [5.41, 5.74) is 4.36. The van der Waals surface area contributed by atoms with Crippen LogP contribution in [0.1, 0.15) is 57.1 Å². The van der Waals surface area contributed by atoms with Crippen LogP contribution in [0.25, 0.3) is 11.3 Å². The van der Waals surface area contributed by atoms with Gasteiger partial charge in [0, 0.05) is 44.1 Å².